The van der Waals surface area contributed by atoms with E-state index in [0.717, 1.165) is 5.56 Å². The monoisotopic (exact) mass is 409 g/mol. The van der Waals surface area contributed by atoms with Gasteiger partial charge in [0.15, 0.2) is 0 Å². The summed E-state index contributed by atoms with van der Waals surface area (Å²) in [6.45, 7) is 0.220. The largest absolute Gasteiger partial charge is 0.377 e. The van der Waals surface area contributed by atoms with Crippen molar-refractivity contribution in [3.8, 4) is 0 Å². The molecule has 3 aromatic rings. The zero-order valence-electron chi connectivity index (χ0n) is 16.6. The molecule has 0 aliphatic carbocycles. The van der Waals surface area contributed by atoms with E-state index >= 15 is 0 Å². The Bertz CT molecular complexity index is 1070. The molecule has 0 spiro atoms. The molecule has 0 unspecified atom stereocenters. The molecule has 0 bridgehead atoms. The summed E-state index contributed by atoms with van der Waals surface area (Å²) in [6.07, 6.45) is 0. The second-order valence-corrected chi connectivity index (χ2v) is 6.87. The Labute approximate surface area is 173 Å². The summed E-state index contributed by atoms with van der Waals surface area (Å²) in [5.41, 5.74) is 2.02. The summed E-state index contributed by atoms with van der Waals surface area (Å²) in [5.74, 6) is -1.94. The van der Waals surface area contributed by atoms with Gasteiger partial charge in [0.05, 0.1) is 11.1 Å². The van der Waals surface area contributed by atoms with Crippen molar-refractivity contribution in [2.75, 3.05) is 24.3 Å². The van der Waals surface area contributed by atoms with E-state index in [1.807, 2.05) is 0 Å². The van der Waals surface area contributed by atoms with Crippen molar-refractivity contribution in [3.63, 3.8) is 0 Å². The molecule has 2 N–H and O–H groups in total. The van der Waals surface area contributed by atoms with Gasteiger partial charge in [-0.15, -0.1) is 0 Å². The van der Waals surface area contributed by atoms with Crippen molar-refractivity contribution in [3.05, 3.63) is 95.1 Å². The molecular formula is C23H21F2N3O2. The third-order valence-corrected chi connectivity index (χ3v) is 4.47. The fourth-order valence-corrected chi connectivity index (χ4v) is 2.91. The quantitative estimate of drug-likeness (QED) is 0.641. The van der Waals surface area contributed by atoms with Gasteiger partial charge in [-0.05, 0) is 48.0 Å². The van der Waals surface area contributed by atoms with Crippen LogP contribution in [0, 0.1) is 11.6 Å². The number of carbonyl (C=O) groups excluding carboxylic acids is 2. The Morgan fingerprint density at radius 1 is 0.867 bits per heavy atom. The van der Waals surface area contributed by atoms with Crippen LogP contribution in [-0.2, 0) is 6.54 Å². The molecule has 0 saturated heterocycles. The minimum atomic E-state index is -0.628. The van der Waals surface area contributed by atoms with E-state index in [1.54, 1.807) is 49.3 Å². The molecule has 5 nitrogen and oxygen atoms in total. The van der Waals surface area contributed by atoms with E-state index < -0.39 is 11.7 Å². The van der Waals surface area contributed by atoms with Gasteiger partial charge in [-0.1, -0.05) is 24.3 Å². The predicted molar refractivity (Wildman–Crippen MR) is 113 cm³/mol. The lowest BCUT2D eigenvalue weighted by Gasteiger charge is -2.18. The molecule has 7 heteroatoms. The predicted octanol–water partition coefficient (Wildman–Crippen LogP) is 4.21. The van der Waals surface area contributed by atoms with E-state index in [1.165, 1.54) is 36.4 Å². The van der Waals surface area contributed by atoms with E-state index in [9.17, 15) is 18.4 Å². The highest BCUT2D eigenvalue weighted by Gasteiger charge is 2.16. The van der Waals surface area contributed by atoms with Crippen molar-refractivity contribution < 1.29 is 18.4 Å². The van der Waals surface area contributed by atoms with Crippen molar-refractivity contribution in [2.45, 2.75) is 6.54 Å². The number of nitrogens with zero attached hydrogens (tertiary/aromatic N) is 1. The summed E-state index contributed by atoms with van der Waals surface area (Å²) in [6, 6.07) is 16.4. The molecule has 0 radical (unpaired) electrons. The molecular weight excluding hydrogens is 388 g/mol. The highest BCUT2D eigenvalue weighted by Crippen LogP contribution is 2.24. The lowest BCUT2D eigenvalue weighted by atomic mass is 10.1. The highest BCUT2D eigenvalue weighted by atomic mass is 19.1. The molecule has 0 saturated carbocycles. The maximum Gasteiger partial charge on any atom is 0.258 e. The maximum atomic E-state index is 13.9. The molecule has 154 valence electrons. The number of benzene rings is 3. The molecule has 0 aromatic heterocycles. The average molecular weight is 409 g/mol. The summed E-state index contributed by atoms with van der Waals surface area (Å²) in [4.78, 5) is 26.9. The van der Waals surface area contributed by atoms with Gasteiger partial charge in [0.1, 0.15) is 11.6 Å². The Morgan fingerprint density at radius 3 is 2.23 bits per heavy atom. The Hall–Kier alpha value is -3.74. The Morgan fingerprint density at radius 2 is 1.57 bits per heavy atom. The van der Waals surface area contributed by atoms with Gasteiger partial charge in [0.25, 0.3) is 11.8 Å². The number of nitrogens with one attached hydrogen (secondary N) is 2. The van der Waals surface area contributed by atoms with Crippen LogP contribution in [0.2, 0.25) is 0 Å². The topological polar surface area (TPSA) is 61.4 Å². The van der Waals surface area contributed by atoms with Crippen LogP contribution in [0.3, 0.4) is 0 Å². The number of amides is 2. The van der Waals surface area contributed by atoms with E-state index in [2.05, 4.69) is 10.6 Å². The molecule has 0 aliphatic heterocycles. The number of hydrogen-bond acceptors (Lipinski definition) is 3. The van der Waals surface area contributed by atoms with Gasteiger partial charge >= 0.3 is 0 Å². The first-order chi connectivity index (χ1) is 14.3. The molecule has 30 heavy (non-hydrogen) atoms. The van der Waals surface area contributed by atoms with Crippen molar-refractivity contribution >= 4 is 23.2 Å². The van der Waals surface area contributed by atoms with Crippen LogP contribution in [-0.4, -0.2) is 25.9 Å². The summed E-state index contributed by atoms with van der Waals surface area (Å²) in [7, 11) is 3.59. The fraction of sp³-hybridized carbons (Fsp3) is 0.130. The summed E-state index contributed by atoms with van der Waals surface area (Å²) >= 11 is 0. The number of rotatable bonds is 6. The third kappa shape index (κ3) is 5.00. The minimum Gasteiger partial charge on any atom is -0.377 e. The summed E-state index contributed by atoms with van der Waals surface area (Å²) < 4.78 is 26.9. The average Bonchev–Trinajstić information content (AvgIpc) is 2.73. The molecule has 0 heterocycles. The van der Waals surface area contributed by atoms with Gasteiger partial charge in [0, 0.05) is 32.0 Å². The first-order valence-corrected chi connectivity index (χ1v) is 9.25. The van der Waals surface area contributed by atoms with Crippen LogP contribution < -0.4 is 15.5 Å². The van der Waals surface area contributed by atoms with Crippen molar-refractivity contribution in [2.24, 2.45) is 0 Å². The van der Waals surface area contributed by atoms with Crippen LogP contribution in [0.5, 0.6) is 0 Å². The van der Waals surface area contributed by atoms with Crippen LogP contribution in [0.1, 0.15) is 26.3 Å². The number of anilines is 2. The number of hydrogen-bond donors (Lipinski definition) is 2. The lowest BCUT2D eigenvalue weighted by molar-refractivity contribution is 0.0950. The number of halogens is 2. The smallest absolute Gasteiger partial charge is 0.258 e. The Kier molecular flexibility index (Phi) is 6.41. The lowest BCUT2D eigenvalue weighted by Crippen LogP contribution is -2.25. The first-order valence-electron chi connectivity index (χ1n) is 9.25. The zero-order chi connectivity index (χ0) is 21.7. The highest BCUT2D eigenvalue weighted by molar-refractivity contribution is 6.06. The van der Waals surface area contributed by atoms with Crippen LogP contribution >= 0.6 is 0 Å². The van der Waals surface area contributed by atoms with Gasteiger partial charge in [0.2, 0.25) is 0 Å². The van der Waals surface area contributed by atoms with Crippen LogP contribution in [0.4, 0.5) is 20.2 Å². The van der Waals surface area contributed by atoms with Gasteiger partial charge in [-0.25, -0.2) is 8.78 Å². The maximum absolute atomic E-state index is 13.9. The van der Waals surface area contributed by atoms with E-state index in [-0.39, 0.29) is 23.8 Å². The number of carbonyl (C=O) groups is 2. The second-order valence-electron chi connectivity index (χ2n) is 6.87. The third-order valence-electron chi connectivity index (χ3n) is 4.47. The van der Waals surface area contributed by atoms with Crippen molar-refractivity contribution in [1.29, 1.82) is 0 Å². The molecule has 3 rings (SSSR count). The Balaban J connectivity index is 1.80. The fourth-order valence-electron chi connectivity index (χ4n) is 2.91. The second kappa shape index (κ2) is 9.17. The van der Waals surface area contributed by atoms with Crippen molar-refractivity contribution in [1.82, 2.24) is 5.32 Å². The SMILES string of the molecule is CN(C)c1ccc(NC(=O)c2ccccc2F)cc1C(=O)NCc1ccc(F)cc1. The van der Waals surface area contributed by atoms with Gasteiger partial charge < -0.3 is 15.5 Å². The molecule has 0 aliphatic rings. The molecule has 3 aromatic carbocycles. The van der Waals surface area contributed by atoms with E-state index in [4.69, 9.17) is 0 Å². The summed E-state index contributed by atoms with van der Waals surface area (Å²) in [5, 5.41) is 5.41. The van der Waals surface area contributed by atoms with Crippen LogP contribution in [0.15, 0.2) is 66.7 Å². The van der Waals surface area contributed by atoms with Gasteiger partial charge in [-0.2, -0.15) is 0 Å². The first kappa shape index (κ1) is 21.0. The van der Waals surface area contributed by atoms with E-state index in [0.29, 0.717) is 16.9 Å². The van der Waals surface area contributed by atoms with Crippen LogP contribution in [0.25, 0.3) is 0 Å². The molecule has 2 amide bonds. The standard InChI is InChI=1S/C23H21F2N3O2/c1-28(2)21-12-11-17(27-23(30)18-5-3-4-6-20(18)25)13-19(21)22(29)26-14-15-7-9-16(24)10-8-15/h3-13H,14H2,1-2H3,(H,26,29)(H,27,30). The molecule has 0 fully saturated rings. The molecule has 0 atom stereocenters. The minimum absolute atomic E-state index is 0.0866. The normalized spacial score (nSPS) is 10.4. The van der Waals surface area contributed by atoms with Gasteiger partial charge in [-0.3, -0.25) is 9.59 Å². The zero-order valence-corrected chi connectivity index (χ0v) is 16.6.